The number of ether oxygens (including phenoxy) is 1. The van der Waals surface area contributed by atoms with Crippen LogP contribution in [0.5, 0.6) is 0 Å². The zero-order chi connectivity index (χ0) is 24.7. The van der Waals surface area contributed by atoms with Crippen molar-refractivity contribution in [2.24, 2.45) is 0 Å². The number of benzene rings is 1. The number of nitrogens with one attached hydrogen (secondary N) is 3. The molecule has 3 N–H and O–H groups in total. The lowest BCUT2D eigenvalue weighted by molar-refractivity contribution is -0.115. The topological polar surface area (TPSA) is 156 Å². The van der Waals surface area contributed by atoms with Gasteiger partial charge in [-0.25, -0.2) is 23.2 Å². The average molecular weight is 487 g/mol. The third-order valence-electron chi connectivity index (χ3n) is 4.62. The zero-order valence-corrected chi connectivity index (χ0v) is 19.9. The first-order valence-corrected chi connectivity index (χ1v) is 12.2. The number of sulfone groups is 1. The molecule has 0 aliphatic heterocycles. The van der Waals surface area contributed by atoms with Crippen LogP contribution in [-0.4, -0.2) is 47.1 Å². The van der Waals surface area contributed by atoms with E-state index in [-0.39, 0.29) is 28.9 Å². The van der Waals surface area contributed by atoms with Gasteiger partial charge in [0.05, 0.1) is 11.5 Å². The fraction of sp³-hybridized carbons (Fsp3) is 0.318. The lowest BCUT2D eigenvalue weighted by Gasteiger charge is -2.10. The van der Waals surface area contributed by atoms with Gasteiger partial charge in [-0.3, -0.25) is 9.89 Å². The molecule has 11 nitrogen and oxygen atoms in total. The van der Waals surface area contributed by atoms with E-state index in [2.05, 4.69) is 30.8 Å². The van der Waals surface area contributed by atoms with Crippen molar-refractivity contribution >= 4 is 39.0 Å². The number of carbonyl (C=O) groups excluding carboxylic acids is 2. The molecule has 0 atom stereocenters. The van der Waals surface area contributed by atoms with Crippen molar-refractivity contribution < 1.29 is 22.7 Å². The van der Waals surface area contributed by atoms with Gasteiger partial charge in [-0.1, -0.05) is 20.3 Å². The van der Waals surface area contributed by atoms with Gasteiger partial charge < -0.3 is 15.4 Å². The summed E-state index contributed by atoms with van der Waals surface area (Å²) in [5.41, 5.74) is 1.03. The van der Waals surface area contributed by atoms with Crippen LogP contribution in [0.1, 0.15) is 49.3 Å². The van der Waals surface area contributed by atoms with Gasteiger partial charge in [0, 0.05) is 29.9 Å². The van der Waals surface area contributed by atoms with E-state index in [0.717, 1.165) is 12.1 Å². The second kappa shape index (κ2) is 10.9. The van der Waals surface area contributed by atoms with E-state index in [0.29, 0.717) is 24.3 Å². The van der Waals surface area contributed by atoms with Crippen molar-refractivity contribution in [2.75, 3.05) is 17.2 Å². The van der Waals surface area contributed by atoms with Crippen LogP contribution in [0.25, 0.3) is 0 Å². The summed E-state index contributed by atoms with van der Waals surface area (Å²) in [6.07, 6.45) is 1.79. The first kappa shape index (κ1) is 24.8. The Labute approximate surface area is 197 Å². The van der Waals surface area contributed by atoms with Crippen LogP contribution in [0.15, 0.2) is 46.5 Å². The van der Waals surface area contributed by atoms with Gasteiger partial charge >= 0.3 is 5.97 Å². The maximum atomic E-state index is 13.3. The Morgan fingerprint density at radius 3 is 2.41 bits per heavy atom. The summed E-state index contributed by atoms with van der Waals surface area (Å²) in [6.45, 7) is 5.66. The van der Waals surface area contributed by atoms with E-state index in [9.17, 15) is 18.0 Å². The molecule has 0 aliphatic rings. The van der Waals surface area contributed by atoms with Gasteiger partial charge in [0.25, 0.3) is 5.16 Å². The highest BCUT2D eigenvalue weighted by Gasteiger charge is 2.25. The number of anilines is 3. The first-order chi connectivity index (χ1) is 16.2. The number of rotatable bonds is 10. The molecule has 0 aliphatic carbocycles. The summed E-state index contributed by atoms with van der Waals surface area (Å²) < 4.78 is 31.7. The van der Waals surface area contributed by atoms with E-state index < -0.39 is 21.0 Å². The molecule has 1 amide bonds. The molecule has 34 heavy (non-hydrogen) atoms. The number of aromatic nitrogens is 4. The molecule has 180 valence electrons. The highest BCUT2D eigenvalue weighted by Crippen LogP contribution is 2.23. The number of aryl methyl sites for hydroxylation is 1. The minimum atomic E-state index is -4.19. The first-order valence-electron chi connectivity index (χ1n) is 10.7. The van der Waals surface area contributed by atoms with Crippen LogP contribution in [0.2, 0.25) is 0 Å². The van der Waals surface area contributed by atoms with Gasteiger partial charge in [-0.15, -0.1) is 0 Å². The lowest BCUT2D eigenvalue weighted by atomic mass is 10.3. The Bertz CT molecular complexity index is 1270. The smallest absolute Gasteiger partial charge is 0.357 e. The molecule has 0 unspecified atom stereocenters. The van der Waals surface area contributed by atoms with Crippen LogP contribution < -0.4 is 10.6 Å². The van der Waals surface area contributed by atoms with Gasteiger partial charge in [0.15, 0.2) is 11.5 Å². The molecule has 3 aromatic rings. The largest absolute Gasteiger partial charge is 0.461 e. The van der Waals surface area contributed by atoms with Gasteiger partial charge in [-0.05, 0) is 37.6 Å². The van der Waals surface area contributed by atoms with Crippen molar-refractivity contribution in [3.05, 3.63) is 47.8 Å². The molecule has 0 saturated carbocycles. The summed E-state index contributed by atoms with van der Waals surface area (Å²) >= 11 is 0. The van der Waals surface area contributed by atoms with Crippen LogP contribution in [0.4, 0.5) is 17.3 Å². The normalized spacial score (nSPS) is 11.1. The maximum Gasteiger partial charge on any atom is 0.357 e. The molecule has 12 heteroatoms. The highest BCUT2D eigenvalue weighted by atomic mass is 32.2. The Morgan fingerprint density at radius 1 is 1.06 bits per heavy atom. The number of carbonyl (C=O) groups is 2. The third kappa shape index (κ3) is 6.16. The lowest BCUT2D eigenvalue weighted by Crippen LogP contribution is -2.15. The number of hydrogen-bond donors (Lipinski definition) is 3. The Morgan fingerprint density at radius 2 is 1.79 bits per heavy atom. The average Bonchev–Trinajstić information content (AvgIpc) is 3.23. The summed E-state index contributed by atoms with van der Waals surface area (Å²) in [5, 5.41) is 11.8. The van der Waals surface area contributed by atoms with Crippen LogP contribution in [0, 0.1) is 6.92 Å². The number of unbranched alkanes of at least 4 members (excludes halogenated alkanes) is 1. The van der Waals surface area contributed by atoms with Crippen LogP contribution >= 0.6 is 0 Å². The fourth-order valence-electron chi connectivity index (χ4n) is 2.78. The molecule has 0 radical (unpaired) electrons. The SMILES string of the molecule is CCCCOC(=O)c1cc(Nc2cc(C)[nH]n2)nc(S(=O)(=O)c2ccc(NC(=O)CC)cc2)n1. The van der Waals surface area contributed by atoms with E-state index in [4.69, 9.17) is 4.74 Å². The summed E-state index contributed by atoms with van der Waals surface area (Å²) in [5.74, 6) is -0.501. The van der Waals surface area contributed by atoms with Crippen molar-refractivity contribution in [2.45, 2.75) is 50.1 Å². The standard InChI is InChI=1S/C22H26N6O5S/c1-4-6-11-33-21(30)17-13-18(25-19-12-14(3)27-28-19)26-22(24-17)34(31,32)16-9-7-15(8-10-16)23-20(29)5-2/h7-10,12-13H,4-6,11H2,1-3H3,(H,23,29)(H2,24,25,26,27,28). The minimum absolute atomic E-state index is 0.0642. The maximum absolute atomic E-state index is 13.3. The Balaban J connectivity index is 1.96. The van der Waals surface area contributed by atoms with E-state index in [1.54, 1.807) is 19.9 Å². The second-order valence-electron chi connectivity index (χ2n) is 7.40. The number of amides is 1. The van der Waals surface area contributed by atoms with E-state index >= 15 is 0 Å². The minimum Gasteiger partial charge on any atom is -0.461 e. The van der Waals surface area contributed by atoms with Gasteiger partial charge in [0.2, 0.25) is 15.7 Å². The number of aromatic amines is 1. The van der Waals surface area contributed by atoms with Gasteiger partial charge in [-0.2, -0.15) is 5.10 Å². The van der Waals surface area contributed by atoms with E-state index in [1.807, 2.05) is 6.92 Å². The van der Waals surface area contributed by atoms with Crippen molar-refractivity contribution in [3.8, 4) is 0 Å². The van der Waals surface area contributed by atoms with Gasteiger partial charge in [0.1, 0.15) is 5.82 Å². The molecular formula is C22H26N6O5S. The molecule has 0 saturated heterocycles. The van der Waals surface area contributed by atoms with Crippen LogP contribution in [0.3, 0.4) is 0 Å². The molecule has 1 aromatic carbocycles. The summed E-state index contributed by atoms with van der Waals surface area (Å²) in [7, 11) is -4.19. The fourth-order valence-corrected chi connectivity index (χ4v) is 3.92. The Hall–Kier alpha value is -3.80. The predicted molar refractivity (Wildman–Crippen MR) is 125 cm³/mol. The summed E-state index contributed by atoms with van der Waals surface area (Å²) in [4.78, 5) is 32.1. The quantitative estimate of drug-likeness (QED) is 0.222. The van der Waals surface area contributed by atoms with Crippen LogP contribution in [-0.2, 0) is 19.4 Å². The molecule has 2 heterocycles. The number of esters is 1. The van der Waals surface area contributed by atoms with Crippen molar-refractivity contribution in [3.63, 3.8) is 0 Å². The molecule has 3 rings (SSSR count). The summed E-state index contributed by atoms with van der Waals surface area (Å²) in [6, 6.07) is 8.60. The Kier molecular flexibility index (Phi) is 7.95. The molecule has 0 fully saturated rings. The molecule has 0 bridgehead atoms. The van der Waals surface area contributed by atoms with E-state index in [1.165, 1.54) is 30.3 Å². The molecule has 0 spiro atoms. The monoisotopic (exact) mass is 486 g/mol. The second-order valence-corrected chi connectivity index (χ2v) is 9.24. The zero-order valence-electron chi connectivity index (χ0n) is 19.1. The molecular weight excluding hydrogens is 460 g/mol. The highest BCUT2D eigenvalue weighted by molar-refractivity contribution is 7.91. The number of nitrogens with zero attached hydrogens (tertiary/aromatic N) is 3. The predicted octanol–water partition coefficient (Wildman–Crippen LogP) is 3.39. The number of hydrogen-bond acceptors (Lipinski definition) is 9. The number of H-pyrrole nitrogens is 1. The third-order valence-corrected chi connectivity index (χ3v) is 6.17. The molecule has 2 aromatic heterocycles. The van der Waals surface area contributed by atoms with Crippen molar-refractivity contribution in [1.29, 1.82) is 0 Å². The van der Waals surface area contributed by atoms with Crippen molar-refractivity contribution in [1.82, 2.24) is 20.2 Å².